The van der Waals surface area contributed by atoms with Crippen molar-refractivity contribution in [1.29, 1.82) is 0 Å². The van der Waals surface area contributed by atoms with Crippen LogP contribution in [0.2, 0.25) is 0 Å². The Bertz CT molecular complexity index is 385. The fourth-order valence-electron chi connectivity index (χ4n) is 1.42. The van der Waals surface area contributed by atoms with Crippen LogP contribution in [0.5, 0.6) is 0 Å². The van der Waals surface area contributed by atoms with E-state index in [1.807, 2.05) is 0 Å². The fourth-order valence-corrected chi connectivity index (χ4v) is 1.42. The number of ether oxygens (including phenoxy) is 1. The highest BCUT2D eigenvalue weighted by molar-refractivity contribution is 5.35. The number of nitro benzene ring substituents is 1. The van der Waals surface area contributed by atoms with Crippen LogP contribution in [0.4, 0.5) is 10.1 Å². The van der Waals surface area contributed by atoms with E-state index in [2.05, 4.69) is 5.32 Å². The number of non-ortho nitro benzene ring substituents is 1. The summed E-state index contributed by atoms with van der Waals surface area (Å²) in [4.78, 5) is 9.92. The zero-order chi connectivity index (χ0) is 12.7. The van der Waals surface area contributed by atoms with E-state index in [1.165, 1.54) is 12.1 Å². The number of rotatable bonds is 7. The number of hydrogen-bond donors (Lipinski definition) is 1. The van der Waals surface area contributed by atoms with Gasteiger partial charge in [-0.05, 0) is 24.6 Å². The molecule has 0 aliphatic carbocycles. The second-order valence-corrected chi connectivity index (χ2v) is 3.60. The number of benzene rings is 1. The van der Waals surface area contributed by atoms with Crippen LogP contribution >= 0.6 is 0 Å². The molecule has 0 fully saturated rings. The van der Waals surface area contributed by atoms with Gasteiger partial charge in [-0.2, -0.15) is 0 Å². The van der Waals surface area contributed by atoms with Crippen LogP contribution in [-0.2, 0) is 11.3 Å². The summed E-state index contributed by atoms with van der Waals surface area (Å²) in [5.74, 6) is -0.590. The third-order valence-electron chi connectivity index (χ3n) is 2.18. The number of halogens is 1. The van der Waals surface area contributed by atoms with Crippen molar-refractivity contribution in [2.45, 2.75) is 13.0 Å². The SMILES string of the molecule is COCCCNCc1cc(F)cc([N+](=O)[O-])c1. The van der Waals surface area contributed by atoms with Crippen molar-refractivity contribution in [2.24, 2.45) is 0 Å². The topological polar surface area (TPSA) is 64.4 Å². The maximum Gasteiger partial charge on any atom is 0.272 e. The number of nitrogens with one attached hydrogen (secondary N) is 1. The molecular weight excluding hydrogens is 227 g/mol. The van der Waals surface area contributed by atoms with Crippen molar-refractivity contribution in [3.8, 4) is 0 Å². The Labute approximate surface area is 98.7 Å². The highest BCUT2D eigenvalue weighted by Crippen LogP contribution is 2.15. The predicted octanol–water partition coefficient (Wildman–Crippen LogP) is 1.86. The minimum atomic E-state index is -0.600. The normalized spacial score (nSPS) is 10.5. The summed E-state index contributed by atoms with van der Waals surface area (Å²) in [5.41, 5.74) is 0.341. The van der Waals surface area contributed by atoms with Crippen LogP contribution < -0.4 is 5.32 Å². The van der Waals surface area contributed by atoms with Crippen molar-refractivity contribution < 1.29 is 14.1 Å². The Morgan fingerprint density at radius 3 is 2.88 bits per heavy atom. The molecular formula is C11H15FN2O3. The molecule has 6 heteroatoms. The average molecular weight is 242 g/mol. The van der Waals surface area contributed by atoms with E-state index in [0.717, 1.165) is 19.0 Å². The lowest BCUT2D eigenvalue weighted by Crippen LogP contribution is -2.16. The summed E-state index contributed by atoms with van der Waals surface area (Å²) in [6.07, 6.45) is 0.841. The highest BCUT2D eigenvalue weighted by atomic mass is 19.1. The number of hydrogen-bond acceptors (Lipinski definition) is 4. The van der Waals surface area contributed by atoms with Crippen molar-refractivity contribution in [3.05, 3.63) is 39.7 Å². The molecule has 0 radical (unpaired) electrons. The highest BCUT2D eigenvalue weighted by Gasteiger charge is 2.09. The van der Waals surface area contributed by atoms with E-state index in [4.69, 9.17) is 4.74 Å². The van der Waals surface area contributed by atoms with Crippen LogP contribution in [-0.4, -0.2) is 25.2 Å². The minimum absolute atomic E-state index is 0.223. The predicted molar refractivity (Wildman–Crippen MR) is 61.3 cm³/mol. The first-order valence-electron chi connectivity index (χ1n) is 5.27. The lowest BCUT2D eigenvalue weighted by atomic mass is 10.2. The van der Waals surface area contributed by atoms with Gasteiger partial charge in [-0.3, -0.25) is 10.1 Å². The van der Waals surface area contributed by atoms with E-state index in [-0.39, 0.29) is 5.69 Å². The molecule has 0 unspecified atom stereocenters. The first-order valence-corrected chi connectivity index (χ1v) is 5.27. The summed E-state index contributed by atoms with van der Waals surface area (Å²) in [6, 6.07) is 3.57. The lowest BCUT2D eigenvalue weighted by molar-refractivity contribution is -0.385. The lowest BCUT2D eigenvalue weighted by Gasteiger charge is -2.04. The van der Waals surface area contributed by atoms with Gasteiger partial charge in [0.05, 0.1) is 11.0 Å². The molecule has 0 spiro atoms. The Balaban J connectivity index is 2.50. The van der Waals surface area contributed by atoms with Crippen molar-refractivity contribution in [2.75, 3.05) is 20.3 Å². The van der Waals surface area contributed by atoms with Gasteiger partial charge in [0, 0.05) is 26.3 Å². The van der Waals surface area contributed by atoms with E-state index in [1.54, 1.807) is 7.11 Å². The molecule has 0 heterocycles. The molecule has 0 aliphatic rings. The molecule has 0 atom stereocenters. The van der Waals surface area contributed by atoms with Crippen LogP contribution in [0.25, 0.3) is 0 Å². The molecule has 1 aromatic carbocycles. The van der Waals surface area contributed by atoms with Gasteiger partial charge in [-0.25, -0.2) is 4.39 Å². The molecule has 1 aromatic rings. The maximum absolute atomic E-state index is 13.1. The summed E-state index contributed by atoms with van der Waals surface area (Å²) < 4.78 is 17.9. The van der Waals surface area contributed by atoms with Gasteiger partial charge in [-0.1, -0.05) is 0 Å². The summed E-state index contributed by atoms with van der Waals surface area (Å²) >= 11 is 0. The van der Waals surface area contributed by atoms with E-state index < -0.39 is 10.7 Å². The molecule has 0 bridgehead atoms. The Kier molecular flexibility index (Phi) is 5.51. The van der Waals surface area contributed by atoms with Crippen molar-refractivity contribution in [3.63, 3.8) is 0 Å². The Hall–Kier alpha value is -1.53. The monoisotopic (exact) mass is 242 g/mol. The van der Waals surface area contributed by atoms with Gasteiger partial charge < -0.3 is 10.1 Å². The summed E-state index contributed by atoms with van der Waals surface area (Å²) in [5, 5.41) is 13.6. The van der Waals surface area contributed by atoms with Crippen LogP contribution in [0.1, 0.15) is 12.0 Å². The van der Waals surface area contributed by atoms with Crippen molar-refractivity contribution >= 4 is 5.69 Å². The average Bonchev–Trinajstić information content (AvgIpc) is 2.28. The molecule has 0 saturated carbocycles. The first kappa shape index (κ1) is 13.5. The van der Waals surface area contributed by atoms with E-state index in [0.29, 0.717) is 18.7 Å². The third kappa shape index (κ3) is 4.88. The molecule has 0 aliphatic heterocycles. The third-order valence-corrected chi connectivity index (χ3v) is 2.18. The van der Waals surface area contributed by atoms with Gasteiger partial charge in [0.25, 0.3) is 5.69 Å². The molecule has 1 rings (SSSR count). The van der Waals surface area contributed by atoms with Gasteiger partial charge >= 0.3 is 0 Å². The maximum atomic E-state index is 13.1. The van der Waals surface area contributed by atoms with E-state index in [9.17, 15) is 14.5 Å². The molecule has 0 amide bonds. The van der Waals surface area contributed by atoms with Crippen LogP contribution in [0, 0.1) is 15.9 Å². The quantitative estimate of drug-likeness (QED) is 0.450. The smallest absolute Gasteiger partial charge is 0.272 e. The van der Waals surface area contributed by atoms with Crippen LogP contribution in [0.15, 0.2) is 18.2 Å². The van der Waals surface area contributed by atoms with Gasteiger partial charge in [0.2, 0.25) is 0 Å². The first-order chi connectivity index (χ1) is 8.13. The summed E-state index contributed by atoms with van der Waals surface area (Å²) in [6.45, 7) is 1.77. The van der Waals surface area contributed by atoms with Gasteiger partial charge in [0.1, 0.15) is 5.82 Å². The summed E-state index contributed by atoms with van der Waals surface area (Å²) in [7, 11) is 1.62. The minimum Gasteiger partial charge on any atom is -0.385 e. The second kappa shape index (κ2) is 6.93. The van der Waals surface area contributed by atoms with Crippen LogP contribution in [0.3, 0.4) is 0 Å². The molecule has 94 valence electrons. The Morgan fingerprint density at radius 2 is 2.24 bits per heavy atom. The number of nitro groups is 1. The largest absolute Gasteiger partial charge is 0.385 e. The standard InChI is InChI=1S/C11H15FN2O3/c1-17-4-2-3-13-8-9-5-10(12)7-11(6-9)14(15)16/h5-7,13H,2-4,8H2,1H3. The zero-order valence-electron chi connectivity index (χ0n) is 9.61. The molecule has 5 nitrogen and oxygen atoms in total. The van der Waals surface area contributed by atoms with Gasteiger partial charge in [0.15, 0.2) is 0 Å². The molecule has 0 aromatic heterocycles. The van der Waals surface area contributed by atoms with Gasteiger partial charge in [-0.15, -0.1) is 0 Å². The molecule has 17 heavy (non-hydrogen) atoms. The second-order valence-electron chi connectivity index (χ2n) is 3.60. The number of nitrogens with zero attached hydrogens (tertiary/aromatic N) is 1. The van der Waals surface area contributed by atoms with Crippen molar-refractivity contribution in [1.82, 2.24) is 5.32 Å². The number of methoxy groups -OCH3 is 1. The Morgan fingerprint density at radius 1 is 1.47 bits per heavy atom. The fraction of sp³-hybridized carbons (Fsp3) is 0.455. The molecule has 0 saturated heterocycles. The zero-order valence-corrected chi connectivity index (χ0v) is 9.61. The van der Waals surface area contributed by atoms with E-state index >= 15 is 0 Å². The molecule has 1 N–H and O–H groups in total.